The molecule has 1 amide bonds. The van der Waals surface area contributed by atoms with E-state index in [0.29, 0.717) is 11.4 Å². The predicted octanol–water partition coefficient (Wildman–Crippen LogP) is 2.10. The van der Waals surface area contributed by atoms with Crippen molar-refractivity contribution in [1.82, 2.24) is 9.88 Å². The van der Waals surface area contributed by atoms with Gasteiger partial charge in [-0.1, -0.05) is 19.8 Å². The third-order valence-electron chi connectivity index (χ3n) is 4.67. The van der Waals surface area contributed by atoms with Gasteiger partial charge in [0.25, 0.3) is 5.91 Å². The molecule has 0 radical (unpaired) electrons. The number of aromatic nitrogens is 1. The first-order valence-electron chi connectivity index (χ1n) is 7.61. The average Bonchev–Trinajstić information content (AvgIpc) is 2.45. The number of primary amides is 1. The summed E-state index contributed by atoms with van der Waals surface area (Å²) >= 11 is 0. The van der Waals surface area contributed by atoms with E-state index in [1.807, 2.05) is 0 Å². The molecule has 0 aromatic carbocycles. The van der Waals surface area contributed by atoms with E-state index in [1.165, 1.54) is 12.8 Å². The molecule has 5 heteroatoms. The van der Waals surface area contributed by atoms with E-state index in [4.69, 9.17) is 5.73 Å². The number of nitrogens with zero attached hydrogens (tertiary/aromatic N) is 2. The molecule has 2 rings (SSSR count). The van der Waals surface area contributed by atoms with Gasteiger partial charge in [-0.05, 0) is 45.0 Å². The van der Waals surface area contributed by atoms with Crippen LogP contribution in [-0.2, 0) is 0 Å². The quantitative estimate of drug-likeness (QED) is 0.871. The zero-order valence-electron chi connectivity index (χ0n) is 13.2. The van der Waals surface area contributed by atoms with Gasteiger partial charge in [-0.25, -0.2) is 4.98 Å². The first-order valence-corrected chi connectivity index (χ1v) is 7.61. The maximum Gasteiger partial charge on any atom is 0.252 e. The lowest BCUT2D eigenvalue weighted by atomic mass is 9.75. The number of carbonyl (C=O) groups is 1. The van der Waals surface area contributed by atoms with Crippen LogP contribution >= 0.6 is 0 Å². The smallest absolute Gasteiger partial charge is 0.252 e. The lowest BCUT2D eigenvalue weighted by molar-refractivity contribution is 0.0880. The van der Waals surface area contributed by atoms with Crippen LogP contribution in [0, 0.1) is 5.92 Å². The Balaban J connectivity index is 2.14. The highest BCUT2D eigenvalue weighted by Crippen LogP contribution is 2.35. The highest BCUT2D eigenvalue weighted by molar-refractivity contribution is 5.97. The second-order valence-corrected chi connectivity index (χ2v) is 6.44. The first-order chi connectivity index (χ1) is 9.94. The van der Waals surface area contributed by atoms with E-state index < -0.39 is 5.91 Å². The molecule has 3 N–H and O–H groups in total. The number of nitrogens with one attached hydrogen (secondary N) is 1. The molecule has 0 saturated heterocycles. The van der Waals surface area contributed by atoms with Crippen LogP contribution in [0.3, 0.4) is 0 Å². The Hall–Kier alpha value is -1.62. The van der Waals surface area contributed by atoms with Gasteiger partial charge in [0, 0.05) is 18.3 Å². The maximum absolute atomic E-state index is 11.5. The summed E-state index contributed by atoms with van der Waals surface area (Å²) in [6, 6.07) is 3.44. The number of anilines is 1. The Morgan fingerprint density at radius 1 is 1.57 bits per heavy atom. The molecule has 116 valence electrons. The molecule has 0 spiro atoms. The molecule has 1 fully saturated rings. The molecule has 1 aromatic rings. The molecule has 2 unspecified atom stereocenters. The fraction of sp³-hybridized carbons (Fsp3) is 0.625. The highest BCUT2D eigenvalue weighted by atomic mass is 16.1. The number of hydrogen-bond donors (Lipinski definition) is 2. The Labute approximate surface area is 126 Å². The van der Waals surface area contributed by atoms with E-state index in [-0.39, 0.29) is 5.54 Å². The summed E-state index contributed by atoms with van der Waals surface area (Å²) in [6.45, 7) is 3.09. The van der Waals surface area contributed by atoms with Crippen molar-refractivity contribution in [2.75, 3.05) is 26.0 Å². The lowest BCUT2D eigenvalue weighted by Crippen LogP contribution is -2.52. The molecular weight excluding hydrogens is 264 g/mol. The van der Waals surface area contributed by atoms with Crippen molar-refractivity contribution in [3.63, 3.8) is 0 Å². The summed E-state index contributed by atoms with van der Waals surface area (Å²) in [6.07, 6.45) is 6.54. The van der Waals surface area contributed by atoms with Gasteiger partial charge in [-0.2, -0.15) is 0 Å². The number of nitrogens with two attached hydrogens (primary N) is 1. The van der Waals surface area contributed by atoms with Crippen molar-refractivity contribution in [1.29, 1.82) is 0 Å². The summed E-state index contributed by atoms with van der Waals surface area (Å²) in [7, 11) is 4.26. The Morgan fingerprint density at radius 2 is 2.33 bits per heavy atom. The molecule has 1 saturated carbocycles. The van der Waals surface area contributed by atoms with Crippen LogP contribution < -0.4 is 11.1 Å². The van der Waals surface area contributed by atoms with Crippen LogP contribution in [0.2, 0.25) is 0 Å². The molecular formula is C16H26N4O. The van der Waals surface area contributed by atoms with Crippen LogP contribution in [0.1, 0.15) is 43.0 Å². The van der Waals surface area contributed by atoms with Gasteiger partial charge in [0.2, 0.25) is 0 Å². The zero-order valence-corrected chi connectivity index (χ0v) is 13.2. The minimum atomic E-state index is -0.443. The van der Waals surface area contributed by atoms with Crippen LogP contribution in [0.4, 0.5) is 5.82 Å². The molecule has 1 aromatic heterocycles. The van der Waals surface area contributed by atoms with Gasteiger partial charge in [0.05, 0.1) is 5.56 Å². The lowest BCUT2D eigenvalue weighted by Gasteiger charge is -2.45. The second-order valence-electron chi connectivity index (χ2n) is 6.44. The fourth-order valence-electron chi connectivity index (χ4n) is 3.35. The largest absolute Gasteiger partial charge is 0.368 e. The minimum Gasteiger partial charge on any atom is -0.368 e. The topological polar surface area (TPSA) is 71.2 Å². The standard InChI is InChI=1S/C16H26N4O/c1-12-6-4-8-16(10-12,20(2)3)11-19-15-13(14(17)21)7-5-9-18-15/h5,7,9,12H,4,6,8,10-11H2,1-3H3,(H2,17,21)(H,18,19). The molecule has 1 aliphatic carbocycles. The molecule has 1 heterocycles. The van der Waals surface area contributed by atoms with Crippen molar-refractivity contribution < 1.29 is 4.79 Å². The SMILES string of the molecule is CC1CCCC(CNc2ncccc2C(N)=O)(N(C)C)C1. The van der Waals surface area contributed by atoms with Gasteiger partial charge in [-0.3, -0.25) is 4.79 Å². The normalized spacial score (nSPS) is 25.8. The fourth-order valence-corrected chi connectivity index (χ4v) is 3.35. The average molecular weight is 290 g/mol. The van der Waals surface area contributed by atoms with E-state index in [1.54, 1.807) is 18.3 Å². The van der Waals surface area contributed by atoms with Crippen molar-refractivity contribution in [3.8, 4) is 0 Å². The third kappa shape index (κ3) is 3.53. The van der Waals surface area contributed by atoms with Crippen molar-refractivity contribution >= 4 is 11.7 Å². The van der Waals surface area contributed by atoms with E-state index in [0.717, 1.165) is 25.3 Å². The maximum atomic E-state index is 11.5. The van der Waals surface area contributed by atoms with Gasteiger partial charge in [-0.15, -0.1) is 0 Å². The summed E-state index contributed by atoms with van der Waals surface area (Å²) in [5.41, 5.74) is 5.98. The zero-order chi connectivity index (χ0) is 15.5. The summed E-state index contributed by atoms with van der Waals surface area (Å²) in [4.78, 5) is 18.0. The second kappa shape index (κ2) is 6.43. The van der Waals surface area contributed by atoms with Crippen molar-refractivity contribution in [3.05, 3.63) is 23.9 Å². The number of amides is 1. The summed E-state index contributed by atoms with van der Waals surface area (Å²) in [5, 5.41) is 3.35. The van der Waals surface area contributed by atoms with Crippen molar-refractivity contribution in [2.24, 2.45) is 11.7 Å². The molecule has 5 nitrogen and oxygen atoms in total. The number of carbonyl (C=O) groups excluding carboxylic acids is 1. The first kappa shape index (κ1) is 15.8. The van der Waals surface area contributed by atoms with Crippen LogP contribution in [-0.4, -0.2) is 42.0 Å². The monoisotopic (exact) mass is 290 g/mol. The number of pyridine rings is 1. The third-order valence-corrected chi connectivity index (χ3v) is 4.67. The van der Waals surface area contributed by atoms with Crippen LogP contribution in [0.15, 0.2) is 18.3 Å². The summed E-state index contributed by atoms with van der Waals surface area (Å²) < 4.78 is 0. The number of likely N-dealkylation sites (N-methyl/N-ethyl adjacent to an activating group) is 1. The highest BCUT2D eigenvalue weighted by Gasteiger charge is 2.36. The number of hydrogen-bond acceptors (Lipinski definition) is 4. The molecule has 0 aliphatic heterocycles. The Kier molecular flexibility index (Phi) is 4.83. The Morgan fingerprint density at radius 3 is 2.95 bits per heavy atom. The summed E-state index contributed by atoms with van der Waals surface area (Å²) in [5.74, 6) is 0.869. The van der Waals surface area contributed by atoms with E-state index in [2.05, 4.69) is 36.2 Å². The van der Waals surface area contributed by atoms with E-state index in [9.17, 15) is 4.79 Å². The van der Waals surface area contributed by atoms with Crippen LogP contribution in [0.25, 0.3) is 0 Å². The predicted molar refractivity (Wildman–Crippen MR) is 85.3 cm³/mol. The van der Waals surface area contributed by atoms with Gasteiger partial charge in [0.1, 0.15) is 5.82 Å². The Bertz CT molecular complexity index is 503. The minimum absolute atomic E-state index is 0.115. The van der Waals surface area contributed by atoms with Crippen LogP contribution in [0.5, 0.6) is 0 Å². The van der Waals surface area contributed by atoms with Gasteiger partial charge < -0.3 is 16.0 Å². The number of rotatable bonds is 5. The van der Waals surface area contributed by atoms with Crippen molar-refractivity contribution in [2.45, 2.75) is 38.1 Å². The van der Waals surface area contributed by atoms with E-state index >= 15 is 0 Å². The molecule has 0 bridgehead atoms. The molecule has 21 heavy (non-hydrogen) atoms. The van der Waals surface area contributed by atoms with Gasteiger partial charge in [0.15, 0.2) is 0 Å². The molecule has 2 atom stereocenters. The molecule has 1 aliphatic rings. The van der Waals surface area contributed by atoms with Gasteiger partial charge >= 0.3 is 0 Å².